The van der Waals surface area contributed by atoms with Crippen molar-refractivity contribution in [2.45, 2.75) is 37.9 Å². The predicted molar refractivity (Wildman–Crippen MR) is 128 cm³/mol. The molecule has 0 radical (unpaired) electrons. The Morgan fingerprint density at radius 2 is 1.88 bits per heavy atom. The Hall–Kier alpha value is -1.83. The van der Waals surface area contributed by atoms with Crippen molar-refractivity contribution in [3.05, 3.63) is 40.6 Å². The van der Waals surface area contributed by atoms with Crippen LogP contribution in [0, 0.1) is 5.92 Å². The molecule has 2 fully saturated rings. The summed E-state index contributed by atoms with van der Waals surface area (Å²) < 4.78 is 19.9. The molecule has 2 aliphatic rings. The zero-order chi connectivity index (χ0) is 22.5. The molecule has 2 aromatic rings. The van der Waals surface area contributed by atoms with E-state index >= 15 is 0 Å². The number of nitrogens with zero attached hydrogens (tertiary/aromatic N) is 4. The minimum atomic E-state index is -0.888. The summed E-state index contributed by atoms with van der Waals surface area (Å²) in [4.78, 5) is 13.1. The van der Waals surface area contributed by atoms with Crippen LogP contribution in [0.3, 0.4) is 0 Å². The van der Waals surface area contributed by atoms with E-state index in [1.165, 1.54) is 0 Å². The number of nitrogens with one attached hydrogen (secondary N) is 1. The van der Waals surface area contributed by atoms with Gasteiger partial charge in [-0.15, -0.1) is 0 Å². The van der Waals surface area contributed by atoms with Crippen LogP contribution in [0.5, 0.6) is 5.75 Å². The second kappa shape index (κ2) is 10.9. The highest BCUT2D eigenvalue weighted by atomic mass is 35.5. The standard InChI is InChI=1S/C23H30Cl2FN5O/c1-32-17-14-27-23(28-15-17)29-20-6-5-16(13-19(20)26)7-8-30-9-11-31(12-10-30)21-4-2-3-18(24)22(21)25/h2-4,14-16,19-20H,5-13H2,1H3,(H,27,28,29). The Morgan fingerprint density at radius 3 is 2.56 bits per heavy atom. The van der Waals surface area contributed by atoms with Crippen molar-refractivity contribution in [1.29, 1.82) is 0 Å². The lowest BCUT2D eigenvalue weighted by atomic mass is 9.82. The van der Waals surface area contributed by atoms with Gasteiger partial charge in [0.1, 0.15) is 6.17 Å². The van der Waals surface area contributed by atoms with Gasteiger partial charge in [0.05, 0.1) is 41.3 Å². The van der Waals surface area contributed by atoms with Gasteiger partial charge >= 0.3 is 0 Å². The fourth-order valence-corrected chi connectivity index (χ4v) is 5.01. The van der Waals surface area contributed by atoms with Crippen molar-refractivity contribution in [3.63, 3.8) is 0 Å². The van der Waals surface area contributed by atoms with Crippen LogP contribution in [0.15, 0.2) is 30.6 Å². The number of rotatable bonds is 7. The molecule has 0 bridgehead atoms. The molecule has 1 aromatic carbocycles. The maximum Gasteiger partial charge on any atom is 0.223 e. The summed E-state index contributed by atoms with van der Waals surface area (Å²) in [7, 11) is 1.57. The maximum atomic E-state index is 14.8. The summed E-state index contributed by atoms with van der Waals surface area (Å²) in [5, 5.41) is 4.37. The number of benzene rings is 1. The molecule has 0 spiro atoms. The van der Waals surface area contributed by atoms with Gasteiger partial charge in [0, 0.05) is 26.2 Å². The second-order valence-electron chi connectivity index (χ2n) is 8.58. The van der Waals surface area contributed by atoms with Crippen LogP contribution in [0.1, 0.15) is 25.7 Å². The monoisotopic (exact) mass is 481 g/mol. The van der Waals surface area contributed by atoms with Crippen LogP contribution in [0.4, 0.5) is 16.0 Å². The third-order valence-corrected chi connectivity index (χ3v) is 7.37. The van der Waals surface area contributed by atoms with Gasteiger partial charge in [-0.1, -0.05) is 29.3 Å². The van der Waals surface area contributed by atoms with Crippen LogP contribution in [-0.2, 0) is 0 Å². The van der Waals surface area contributed by atoms with E-state index in [0.717, 1.165) is 57.7 Å². The lowest BCUT2D eigenvalue weighted by molar-refractivity contribution is 0.157. The summed E-state index contributed by atoms with van der Waals surface area (Å²) in [6, 6.07) is 5.55. The van der Waals surface area contributed by atoms with Crippen molar-refractivity contribution >= 4 is 34.8 Å². The first-order chi connectivity index (χ1) is 15.5. The highest BCUT2D eigenvalue weighted by molar-refractivity contribution is 6.43. The van der Waals surface area contributed by atoms with E-state index in [-0.39, 0.29) is 6.04 Å². The zero-order valence-electron chi connectivity index (χ0n) is 18.3. The molecule has 1 saturated carbocycles. The Kier molecular flexibility index (Phi) is 7.92. The van der Waals surface area contributed by atoms with Crippen LogP contribution in [0.2, 0.25) is 10.0 Å². The molecule has 3 unspecified atom stereocenters. The van der Waals surface area contributed by atoms with Crippen molar-refractivity contribution in [2.24, 2.45) is 5.92 Å². The zero-order valence-corrected chi connectivity index (χ0v) is 19.8. The average molecular weight is 482 g/mol. The molecule has 1 saturated heterocycles. The number of piperazine rings is 1. The Morgan fingerprint density at radius 1 is 1.12 bits per heavy atom. The third kappa shape index (κ3) is 5.74. The first kappa shape index (κ1) is 23.3. The van der Waals surface area contributed by atoms with E-state index in [4.69, 9.17) is 27.9 Å². The van der Waals surface area contributed by atoms with Gasteiger partial charge in [0.25, 0.3) is 0 Å². The molecule has 4 rings (SSSR count). The highest BCUT2D eigenvalue weighted by Crippen LogP contribution is 2.33. The highest BCUT2D eigenvalue weighted by Gasteiger charge is 2.31. The molecular weight excluding hydrogens is 452 g/mol. The van der Waals surface area contributed by atoms with E-state index in [0.29, 0.717) is 34.1 Å². The van der Waals surface area contributed by atoms with Gasteiger partial charge in [0.15, 0.2) is 5.75 Å². The molecular formula is C23H30Cl2FN5O. The average Bonchev–Trinajstić information content (AvgIpc) is 2.82. The summed E-state index contributed by atoms with van der Waals surface area (Å²) in [5.74, 6) is 1.46. The van der Waals surface area contributed by atoms with E-state index in [9.17, 15) is 4.39 Å². The minimum absolute atomic E-state index is 0.231. The molecule has 1 aliphatic heterocycles. The molecule has 1 N–H and O–H groups in total. The van der Waals surface area contributed by atoms with Gasteiger partial charge in [-0.05, 0) is 50.3 Å². The number of alkyl halides is 1. The topological polar surface area (TPSA) is 53.5 Å². The van der Waals surface area contributed by atoms with Crippen LogP contribution >= 0.6 is 23.2 Å². The number of hydrogen-bond donors (Lipinski definition) is 1. The number of aromatic nitrogens is 2. The van der Waals surface area contributed by atoms with Crippen LogP contribution in [0.25, 0.3) is 0 Å². The molecule has 1 aliphatic carbocycles. The maximum absolute atomic E-state index is 14.8. The Labute approximate surface area is 199 Å². The number of anilines is 2. The lowest BCUT2D eigenvalue weighted by Crippen LogP contribution is -2.47. The fraction of sp³-hybridized carbons (Fsp3) is 0.565. The quantitative estimate of drug-likeness (QED) is 0.605. The van der Waals surface area contributed by atoms with E-state index in [1.807, 2.05) is 18.2 Å². The summed E-state index contributed by atoms with van der Waals surface area (Å²) >= 11 is 12.5. The molecule has 2 heterocycles. The second-order valence-corrected chi connectivity index (χ2v) is 9.37. The van der Waals surface area contributed by atoms with E-state index < -0.39 is 6.17 Å². The normalized spacial score (nSPS) is 24.4. The number of hydrogen-bond acceptors (Lipinski definition) is 6. The Balaban J connectivity index is 1.19. The summed E-state index contributed by atoms with van der Waals surface area (Å²) in [6.07, 6.45) is 5.73. The van der Waals surface area contributed by atoms with Crippen molar-refractivity contribution in [1.82, 2.24) is 14.9 Å². The molecule has 1 aromatic heterocycles. The van der Waals surface area contributed by atoms with E-state index in [1.54, 1.807) is 19.5 Å². The largest absolute Gasteiger partial charge is 0.494 e. The fourth-order valence-electron chi connectivity index (χ4n) is 4.60. The predicted octanol–water partition coefficient (Wildman–Crippen LogP) is 4.92. The SMILES string of the molecule is COc1cnc(NC2CCC(CCN3CCN(c4cccc(Cl)c4Cl)CC3)CC2F)nc1. The van der Waals surface area contributed by atoms with Gasteiger partial charge < -0.3 is 15.0 Å². The smallest absolute Gasteiger partial charge is 0.223 e. The van der Waals surface area contributed by atoms with E-state index in [2.05, 4.69) is 25.1 Å². The molecule has 174 valence electrons. The van der Waals surface area contributed by atoms with Gasteiger partial charge in [-0.2, -0.15) is 0 Å². The van der Waals surface area contributed by atoms with Crippen molar-refractivity contribution < 1.29 is 9.13 Å². The van der Waals surface area contributed by atoms with Gasteiger partial charge in [-0.25, -0.2) is 14.4 Å². The third-order valence-electron chi connectivity index (χ3n) is 6.56. The number of methoxy groups -OCH3 is 1. The first-order valence-corrected chi connectivity index (χ1v) is 12.0. The van der Waals surface area contributed by atoms with Crippen molar-refractivity contribution in [3.8, 4) is 5.75 Å². The van der Waals surface area contributed by atoms with Crippen LogP contribution < -0.4 is 15.0 Å². The summed E-state index contributed by atoms with van der Waals surface area (Å²) in [6.45, 7) is 4.81. The van der Waals surface area contributed by atoms with Gasteiger partial charge in [0.2, 0.25) is 5.95 Å². The Bertz CT molecular complexity index is 879. The molecule has 32 heavy (non-hydrogen) atoms. The summed E-state index contributed by atoms with van der Waals surface area (Å²) in [5.41, 5.74) is 1.01. The van der Waals surface area contributed by atoms with Gasteiger partial charge in [-0.3, -0.25) is 4.90 Å². The van der Waals surface area contributed by atoms with Crippen LogP contribution in [-0.4, -0.2) is 66.9 Å². The first-order valence-electron chi connectivity index (χ1n) is 11.2. The van der Waals surface area contributed by atoms with Crippen molar-refractivity contribution in [2.75, 3.05) is 50.1 Å². The number of halogens is 3. The molecule has 6 nitrogen and oxygen atoms in total. The lowest BCUT2D eigenvalue weighted by Gasteiger charge is -2.38. The molecule has 9 heteroatoms. The minimum Gasteiger partial charge on any atom is -0.494 e. The molecule has 3 atom stereocenters. The molecule has 0 amide bonds. The number of ether oxygens (including phenoxy) is 1.